The van der Waals surface area contributed by atoms with Crippen molar-refractivity contribution >= 4 is 6.08 Å². The van der Waals surface area contributed by atoms with Crippen LogP contribution in [-0.4, -0.2) is 0 Å². The Morgan fingerprint density at radius 3 is 2.39 bits per heavy atom. The molecule has 0 saturated carbocycles. The molecule has 0 spiro atoms. The van der Waals surface area contributed by atoms with Crippen LogP contribution in [0, 0.1) is 17.1 Å². The number of halogens is 1. The number of benzene rings is 3. The second kappa shape index (κ2) is 9.01. The highest BCUT2D eigenvalue weighted by molar-refractivity contribution is 5.79. The fraction of sp³-hybridized carbons (Fsp3) is 0.160. The summed E-state index contributed by atoms with van der Waals surface area (Å²) in [5, 5.41) is 9.01. The summed E-state index contributed by atoms with van der Waals surface area (Å²) >= 11 is 0. The first-order valence-corrected chi connectivity index (χ1v) is 9.25. The van der Waals surface area contributed by atoms with Crippen LogP contribution in [0.3, 0.4) is 0 Å². The Bertz CT molecular complexity index is 999. The summed E-state index contributed by atoms with van der Waals surface area (Å²) in [7, 11) is 0. The third-order valence-electron chi connectivity index (χ3n) is 4.54. The molecule has 2 nitrogen and oxygen atoms in total. The highest BCUT2D eigenvalue weighted by Crippen LogP contribution is 2.36. The zero-order valence-corrected chi connectivity index (χ0v) is 16.0. The van der Waals surface area contributed by atoms with Gasteiger partial charge in [0.25, 0.3) is 0 Å². The highest BCUT2D eigenvalue weighted by atomic mass is 19.1. The lowest BCUT2D eigenvalue weighted by Crippen LogP contribution is -2.00. The molecular weight excluding hydrogens is 349 g/mol. The predicted octanol–water partition coefficient (Wildman–Crippen LogP) is 6.73. The molecule has 0 aliphatic carbocycles. The zero-order chi connectivity index (χ0) is 19.9. The van der Waals surface area contributed by atoms with Gasteiger partial charge in [0.05, 0.1) is 6.07 Å². The van der Waals surface area contributed by atoms with Gasteiger partial charge < -0.3 is 4.74 Å². The first-order chi connectivity index (χ1) is 13.6. The monoisotopic (exact) mass is 371 g/mol. The molecule has 0 aromatic heterocycles. The average Bonchev–Trinajstić information content (AvgIpc) is 2.72. The molecule has 0 aliphatic rings. The van der Waals surface area contributed by atoms with Crippen molar-refractivity contribution in [2.24, 2.45) is 0 Å². The van der Waals surface area contributed by atoms with Crippen molar-refractivity contribution in [1.29, 1.82) is 5.26 Å². The average molecular weight is 371 g/mol. The summed E-state index contributed by atoms with van der Waals surface area (Å²) in [4.78, 5) is 0. The summed E-state index contributed by atoms with van der Waals surface area (Å²) < 4.78 is 19.5. The van der Waals surface area contributed by atoms with Crippen LogP contribution < -0.4 is 4.74 Å². The Balaban J connectivity index is 2.07. The Morgan fingerprint density at radius 1 is 1.04 bits per heavy atom. The minimum absolute atomic E-state index is 0.234. The van der Waals surface area contributed by atoms with Crippen molar-refractivity contribution in [2.75, 3.05) is 0 Å². The van der Waals surface area contributed by atoms with E-state index in [9.17, 15) is 4.39 Å². The molecule has 0 aliphatic heterocycles. The van der Waals surface area contributed by atoms with Crippen molar-refractivity contribution < 1.29 is 9.13 Å². The van der Waals surface area contributed by atoms with Crippen LogP contribution >= 0.6 is 0 Å². The number of nitrogens with zero attached hydrogens (tertiary/aromatic N) is 1. The zero-order valence-electron chi connectivity index (χ0n) is 16.0. The molecule has 0 N–H and O–H groups in total. The van der Waals surface area contributed by atoms with E-state index in [1.807, 2.05) is 48.5 Å². The van der Waals surface area contributed by atoms with Crippen molar-refractivity contribution in [3.05, 3.63) is 95.3 Å². The van der Waals surface area contributed by atoms with Gasteiger partial charge in [-0.15, -0.1) is 0 Å². The maximum atomic E-state index is 13.4. The van der Waals surface area contributed by atoms with E-state index in [0.29, 0.717) is 6.61 Å². The minimum Gasteiger partial charge on any atom is -0.489 e. The minimum atomic E-state index is -0.279. The summed E-state index contributed by atoms with van der Waals surface area (Å²) in [6, 6.07) is 22.4. The lowest BCUT2D eigenvalue weighted by molar-refractivity contribution is 0.306. The Morgan fingerprint density at radius 2 is 1.75 bits per heavy atom. The van der Waals surface area contributed by atoms with Crippen molar-refractivity contribution in [3.63, 3.8) is 0 Å². The van der Waals surface area contributed by atoms with Crippen LogP contribution in [0.1, 0.15) is 36.5 Å². The van der Waals surface area contributed by atoms with E-state index in [-0.39, 0.29) is 11.7 Å². The van der Waals surface area contributed by atoms with Crippen molar-refractivity contribution in [3.8, 4) is 22.9 Å². The predicted molar refractivity (Wildman–Crippen MR) is 111 cm³/mol. The molecule has 3 aromatic rings. The van der Waals surface area contributed by atoms with Gasteiger partial charge in [-0.25, -0.2) is 4.39 Å². The SMILES string of the molecule is CC(C)c1cc(OCc2ccccc2)cc(-c2ccc(F)cc2)c1C=CC#N. The van der Waals surface area contributed by atoms with Crippen LogP contribution in [0.15, 0.2) is 72.8 Å². The quantitative estimate of drug-likeness (QED) is 0.450. The molecule has 0 heterocycles. The fourth-order valence-corrected chi connectivity index (χ4v) is 3.12. The van der Waals surface area contributed by atoms with Gasteiger partial charge in [-0.05, 0) is 64.1 Å². The first-order valence-electron chi connectivity index (χ1n) is 9.25. The lowest BCUT2D eigenvalue weighted by Gasteiger charge is -2.18. The Labute approximate surface area is 165 Å². The standard InChI is InChI=1S/C25H22FNO/c1-18(2)24-15-22(28-17-19-7-4-3-5-8-19)16-25(23(24)9-6-14-27)20-10-12-21(26)13-11-20/h3-13,15-16,18H,17H2,1-2H3. The second-order valence-electron chi connectivity index (χ2n) is 6.87. The molecular formula is C25H22FNO. The number of ether oxygens (including phenoxy) is 1. The second-order valence-corrected chi connectivity index (χ2v) is 6.87. The number of nitriles is 1. The van der Waals surface area contributed by atoms with Crippen LogP contribution in [0.2, 0.25) is 0 Å². The van der Waals surface area contributed by atoms with Gasteiger partial charge in [-0.2, -0.15) is 5.26 Å². The number of allylic oxidation sites excluding steroid dienone is 1. The van der Waals surface area contributed by atoms with Gasteiger partial charge >= 0.3 is 0 Å². The van der Waals surface area contributed by atoms with E-state index in [1.54, 1.807) is 12.1 Å². The van der Waals surface area contributed by atoms with E-state index in [0.717, 1.165) is 33.6 Å². The van der Waals surface area contributed by atoms with Gasteiger partial charge in [-0.3, -0.25) is 0 Å². The maximum Gasteiger partial charge on any atom is 0.123 e. The topological polar surface area (TPSA) is 33.0 Å². The summed E-state index contributed by atoms with van der Waals surface area (Å²) in [5.74, 6) is 0.706. The summed E-state index contributed by atoms with van der Waals surface area (Å²) in [6.07, 6.45) is 3.29. The Kier molecular flexibility index (Phi) is 6.24. The van der Waals surface area contributed by atoms with Crippen molar-refractivity contribution in [2.45, 2.75) is 26.4 Å². The maximum absolute atomic E-state index is 13.4. The molecule has 0 amide bonds. The van der Waals surface area contributed by atoms with E-state index < -0.39 is 0 Å². The molecule has 3 heteroatoms. The van der Waals surface area contributed by atoms with Crippen LogP contribution in [0.5, 0.6) is 5.75 Å². The molecule has 0 radical (unpaired) electrons. The molecule has 3 rings (SSSR count). The smallest absolute Gasteiger partial charge is 0.123 e. The van der Waals surface area contributed by atoms with Crippen LogP contribution in [0.4, 0.5) is 4.39 Å². The van der Waals surface area contributed by atoms with Crippen molar-refractivity contribution in [1.82, 2.24) is 0 Å². The van der Waals surface area contributed by atoms with Crippen LogP contribution in [-0.2, 0) is 6.61 Å². The third-order valence-corrected chi connectivity index (χ3v) is 4.54. The van der Waals surface area contributed by atoms with Crippen LogP contribution in [0.25, 0.3) is 17.2 Å². The highest BCUT2D eigenvalue weighted by Gasteiger charge is 2.14. The Hall–Kier alpha value is -3.38. The van der Waals surface area contributed by atoms with E-state index >= 15 is 0 Å². The normalized spacial score (nSPS) is 11.0. The molecule has 0 atom stereocenters. The fourth-order valence-electron chi connectivity index (χ4n) is 3.12. The number of hydrogen-bond donors (Lipinski definition) is 0. The lowest BCUT2D eigenvalue weighted by atomic mass is 9.89. The molecule has 0 bridgehead atoms. The summed E-state index contributed by atoms with van der Waals surface area (Å²) in [5.41, 5.74) is 4.92. The molecule has 0 saturated heterocycles. The molecule has 28 heavy (non-hydrogen) atoms. The van der Waals surface area contributed by atoms with Gasteiger partial charge in [-0.1, -0.05) is 56.3 Å². The van der Waals surface area contributed by atoms with Gasteiger partial charge in [0, 0.05) is 6.08 Å². The van der Waals surface area contributed by atoms with E-state index in [2.05, 4.69) is 19.9 Å². The van der Waals surface area contributed by atoms with Gasteiger partial charge in [0.15, 0.2) is 0 Å². The largest absolute Gasteiger partial charge is 0.489 e. The third kappa shape index (κ3) is 4.66. The summed E-state index contributed by atoms with van der Waals surface area (Å²) in [6.45, 7) is 4.68. The number of rotatable bonds is 6. The number of hydrogen-bond acceptors (Lipinski definition) is 2. The molecule has 0 fully saturated rings. The van der Waals surface area contributed by atoms with Gasteiger partial charge in [0.1, 0.15) is 18.2 Å². The van der Waals surface area contributed by atoms with E-state index in [4.69, 9.17) is 10.00 Å². The van der Waals surface area contributed by atoms with E-state index in [1.165, 1.54) is 18.2 Å². The van der Waals surface area contributed by atoms with Gasteiger partial charge in [0.2, 0.25) is 0 Å². The molecule has 140 valence electrons. The molecule has 0 unspecified atom stereocenters. The first kappa shape index (κ1) is 19.4. The molecule has 3 aromatic carbocycles.